The summed E-state index contributed by atoms with van der Waals surface area (Å²) in [5, 5.41) is 20.3. The van der Waals surface area contributed by atoms with Gasteiger partial charge in [-0.25, -0.2) is 0 Å². The standard InChI is InChI=1S/C14H30BO6PSi/c1-13(2,3)23(5,6)21-10-11(17)14(9-16,20-12(10)15)7-8-22(4,18)19/h10-12,16-17H,7-9H2,1-6H3,(H,18,19)/t10-,11?,12+,14-/m0/s1. The molecule has 1 aliphatic rings. The van der Waals surface area contributed by atoms with E-state index in [0.717, 1.165) is 0 Å². The zero-order valence-corrected chi connectivity index (χ0v) is 16.8. The Balaban J connectivity index is 2.96. The summed E-state index contributed by atoms with van der Waals surface area (Å²) in [6.45, 7) is 11.1. The molecule has 1 aliphatic heterocycles. The second-order valence-corrected chi connectivity index (χ2v) is 15.4. The molecule has 134 valence electrons. The quantitative estimate of drug-likeness (QED) is 0.486. The summed E-state index contributed by atoms with van der Waals surface area (Å²) in [7, 11) is 0.506. The van der Waals surface area contributed by atoms with Crippen LogP contribution < -0.4 is 0 Å². The number of rotatable bonds is 6. The van der Waals surface area contributed by atoms with E-state index in [1.807, 2.05) is 13.1 Å². The van der Waals surface area contributed by atoms with Crippen LogP contribution in [0.3, 0.4) is 0 Å². The van der Waals surface area contributed by atoms with E-state index in [4.69, 9.17) is 17.0 Å². The Labute approximate surface area is 141 Å². The van der Waals surface area contributed by atoms with Crippen LogP contribution in [-0.4, -0.2) is 74.5 Å². The fourth-order valence-electron chi connectivity index (χ4n) is 2.35. The minimum absolute atomic E-state index is 0.0417. The predicted molar refractivity (Wildman–Crippen MR) is 93.8 cm³/mol. The molecule has 1 saturated heterocycles. The van der Waals surface area contributed by atoms with Gasteiger partial charge in [0.05, 0.1) is 12.7 Å². The Bertz CT molecular complexity index is 463. The first-order valence-corrected chi connectivity index (χ1v) is 13.0. The molecule has 0 aromatic rings. The molecule has 1 fully saturated rings. The molecule has 2 radical (unpaired) electrons. The van der Waals surface area contributed by atoms with Crippen molar-refractivity contribution in [3.8, 4) is 0 Å². The van der Waals surface area contributed by atoms with Crippen molar-refractivity contribution in [1.82, 2.24) is 0 Å². The molecule has 0 aliphatic carbocycles. The highest BCUT2D eigenvalue weighted by atomic mass is 31.2. The van der Waals surface area contributed by atoms with Gasteiger partial charge in [-0.3, -0.25) is 4.57 Å². The summed E-state index contributed by atoms with van der Waals surface area (Å²) in [5.41, 5.74) is -1.36. The largest absolute Gasteiger partial charge is 0.409 e. The monoisotopic (exact) mass is 364 g/mol. The van der Waals surface area contributed by atoms with Gasteiger partial charge in [-0.1, -0.05) is 20.8 Å². The molecule has 1 rings (SSSR count). The molecule has 0 saturated carbocycles. The molecule has 0 spiro atoms. The van der Waals surface area contributed by atoms with E-state index in [0.29, 0.717) is 0 Å². The third-order valence-corrected chi connectivity index (χ3v) is 10.5. The Kier molecular flexibility index (Phi) is 6.41. The third-order valence-electron chi connectivity index (χ3n) is 5.00. The summed E-state index contributed by atoms with van der Waals surface area (Å²) < 4.78 is 23.3. The highest BCUT2D eigenvalue weighted by molar-refractivity contribution is 7.57. The van der Waals surface area contributed by atoms with Gasteiger partial charge in [0.2, 0.25) is 0 Å². The summed E-state index contributed by atoms with van der Waals surface area (Å²) >= 11 is 0. The first-order valence-electron chi connectivity index (χ1n) is 7.85. The van der Waals surface area contributed by atoms with Crippen LogP contribution in [-0.2, 0) is 13.7 Å². The van der Waals surface area contributed by atoms with Crippen LogP contribution in [0.1, 0.15) is 27.2 Å². The number of hydrogen-bond acceptors (Lipinski definition) is 5. The van der Waals surface area contributed by atoms with Crippen molar-refractivity contribution in [2.24, 2.45) is 0 Å². The lowest BCUT2D eigenvalue weighted by Crippen LogP contribution is -2.52. The number of ether oxygens (including phenoxy) is 1. The van der Waals surface area contributed by atoms with Gasteiger partial charge in [-0.15, -0.1) is 0 Å². The second-order valence-electron chi connectivity index (χ2n) is 8.12. The minimum Gasteiger partial charge on any atom is -0.409 e. The minimum atomic E-state index is -3.28. The van der Waals surface area contributed by atoms with Crippen LogP contribution in [0, 0.1) is 0 Å². The lowest BCUT2D eigenvalue weighted by Gasteiger charge is -2.40. The van der Waals surface area contributed by atoms with Crippen molar-refractivity contribution in [3.05, 3.63) is 0 Å². The Morgan fingerprint density at radius 2 is 1.91 bits per heavy atom. The van der Waals surface area contributed by atoms with Crippen LogP contribution in [0.4, 0.5) is 0 Å². The average molecular weight is 364 g/mol. The average Bonchev–Trinajstić information content (AvgIpc) is 2.59. The van der Waals surface area contributed by atoms with Crippen molar-refractivity contribution in [3.63, 3.8) is 0 Å². The zero-order chi connectivity index (χ0) is 18.3. The molecule has 23 heavy (non-hydrogen) atoms. The van der Waals surface area contributed by atoms with Gasteiger partial charge >= 0.3 is 0 Å². The number of aliphatic hydroxyl groups is 2. The van der Waals surface area contributed by atoms with Crippen LogP contribution in [0.5, 0.6) is 0 Å². The first kappa shape index (κ1) is 21.4. The highest BCUT2D eigenvalue weighted by Crippen LogP contribution is 2.44. The lowest BCUT2D eigenvalue weighted by atomic mass is 9.88. The molecule has 0 aromatic heterocycles. The Morgan fingerprint density at radius 3 is 2.30 bits per heavy atom. The maximum atomic E-state index is 11.5. The van der Waals surface area contributed by atoms with Crippen LogP contribution in [0.25, 0.3) is 0 Å². The van der Waals surface area contributed by atoms with Gasteiger partial charge in [0.15, 0.2) is 15.7 Å². The Morgan fingerprint density at radius 1 is 1.39 bits per heavy atom. The van der Waals surface area contributed by atoms with Crippen LogP contribution >= 0.6 is 7.37 Å². The molecule has 0 bridgehead atoms. The zero-order valence-electron chi connectivity index (χ0n) is 14.9. The van der Waals surface area contributed by atoms with E-state index in [1.165, 1.54) is 6.66 Å². The van der Waals surface area contributed by atoms with Gasteiger partial charge in [-0.05, 0) is 24.6 Å². The fourth-order valence-corrected chi connectivity index (χ4v) is 4.44. The van der Waals surface area contributed by atoms with Gasteiger partial charge < -0.3 is 24.3 Å². The van der Waals surface area contributed by atoms with Crippen molar-refractivity contribution >= 4 is 23.5 Å². The molecule has 9 heteroatoms. The maximum Gasteiger partial charge on any atom is 0.197 e. The van der Waals surface area contributed by atoms with Gasteiger partial charge in [0, 0.05) is 18.8 Å². The summed E-state index contributed by atoms with van der Waals surface area (Å²) in [4.78, 5) is 9.48. The topological polar surface area (TPSA) is 96.2 Å². The highest BCUT2D eigenvalue weighted by Gasteiger charge is 2.55. The van der Waals surface area contributed by atoms with E-state index < -0.39 is 46.1 Å². The van der Waals surface area contributed by atoms with Crippen LogP contribution in [0.15, 0.2) is 0 Å². The molecule has 5 atom stereocenters. The van der Waals surface area contributed by atoms with E-state index in [2.05, 4.69) is 20.8 Å². The van der Waals surface area contributed by atoms with Crippen molar-refractivity contribution in [2.45, 2.75) is 69.1 Å². The first-order chi connectivity index (χ1) is 10.2. The predicted octanol–water partition coefficient (Wildman–Crippen LogP) is 1.28. The van der Waals surface area contributed by atoms with E-state index in [9.17, 15) is 19.7 Å². The fraction of sp³-hybridized carbons (Fsp3) is 1.00. The van der Waals surface area contributed by atoms with Gasteiger partial charge in [-0.2, -0.15) is 0 Å². The molecular weight excluding hydrogens is 334 g/mol. The molecule has 0 aromatic carbocycles. The van der Waals surface area contributed by atoms with E-state index >= 15 is 0 Å². The molecule has 3 N–H and O–H groups in total. The summed E-state index contributed by atoms with van der Waals surface area (Å²) in [6.07, 6.45) is -1.94. The van der Waals surface area contributed by atoms with E-state index in [1.54, 1.807) is 0 Å². The second kappa shape index (κ2) is 6.90. The SMILES string of the molecule is [B][C@@H]1O[C@](CO)(CCP(C)(=O)O)C(O)[C@@H]1O[Si](C)(C)C(C)(C)C. The molecule has 2 unspecified atom stereocenters. The molecule has 0 amide bonds. The maximum absolute atomic E-state index is 11.5. The third kappa shape index (κ3) is 4.91. The van der Waals surface area contributed by atoms with Crippen LogP contribution in [0.2, 0.25) is 18.1 Å². The van der Waals surface area contributed by atoms with Gasteiger partial charge in [0.1, 0.15) is 19.6 Å². The number of hydrogen-bond donors (Lipinski definition) is 3. The lowest BCUT2D eigenvalue weighted by molar-refractivity contribution is -0.101. The normalized spacial score (nSPS) is 35.3. The molecule has 6 nitrogen and oxygen atoms in total. The molecule has 1 heterocycles. The van der Waals surface area contributed by atoms with Crippen molar-refractivity contribution in [1.29, 1.82) is 0 Å². The Hall–Kier alpha value is 0.312. The number of aliphatic hydroxyl groups excluding tert-OH is 2. The smallest absolute Gasteiger partial charge is 0.197 e. The van der Waals surface area contributed by atoms with Crippen molar-refractivity contribution in [2.75, 3.05) is 19.4 Å². The van der Waals surface area contributed by atoms with E-state index in [-0.39, 0.29) is 17.6 Å². The van der Waals surface area contributed by atoms with Crippen molar-refractivity contribution < 1.29 is 28.8 Å². The molecular formula is C14H30BO6PSi. The summed E-state index contributed by atoms with van der Waals surface area (Å²) in [6, 6.07) is -0.888. The van der Waals surface area contributed by atoms with Gasteiger partial charge in [0.25, 0.3) is 0 Å². The summed E-state index contributed by atoms with van der Waals surface area (Å²) in [5.74, 6) is 0.